The molecule has 2 aromatic carbocycles. The number of alkyl halides is 1. The minimum Gasteiger partial charge on any atom is -0.453 e. The van der Waals surface area contributed by atoms with Gasteiger partial charge in [-0.05, 0) is 35.1 Å². The van der Waals surface area contributed by atoms with E-state index in [9.17, 15) is 4.79 Å². The first-order valence-electron chi connectivity index (χ1n) is 8.32. The lowest BCUT2D eigenvalue weighted by Crippen LogP contribution is -2.67. The lowest BCUT2D eigenvalue weighted by molar-refractivity contribution is -0.0259. The summed E-state index contributed by atoms with van der Waals surface area (Å²) >= 11 is 2.37. The summed E-state index contributed by atoms with van der Waals surface area (Å²) in [5.74, 6) is 0. The molecule has 1 fully saturated rings. The summed E-state index contributed by atoms with van der Waals surface area (Å²) in [4.78, 5) is 14.6. The molecule has 1 unspecified atom stereocenters. The quantitative estimate of drug-likeness (QED) is 0.496. The molecule has 1 aliphatic heterocycles. The van der Waals surface area contributed by atoms with Crippen LogP contribution >= 0.6 is 22.6 Å². The number of hydrogen-bond donors (Lipinski definition) is 0. The maximum absolute atomic E-state index is 12.7. The summed E-state index contributed by atoms with van der Waals surface area (Å²) in [6.07, 6.45) is 2.76. The van der Waals surface area contributed by atoms with E-state index < -0.39 is 0 Å². The third-order valence-corrected chi connectivity index (χ3v) is 6.46. The van der Waals surface area contributed by atoms with Gasteiger partial charge in [-0.2, -0.15) is 0 Å². The molecule has 1 spiro atoms. The van der Waals surface area contributed by atoms with Crippen LogP contribution in [0.5, 0.6) is 0 Å². The molecule has 4 rings (SSSR count). The predicted molar refractivity (Wildman–Crippen MR) is 103 cm³/mol. The van der Waals surface area contributed by atoms with Crippen molar-refractivity contribution in [2.45, 2.75) is 30.8 Å². The minimum absolute atomic E-state index is 0.220. The largest absolute Gasteiger partial charge is 0.453 e. The summed E-state index contributed by atoms with van der Waals surface area (Å²) in [5, 5.41) is 0. The van der Waals surface area contributed by atoms with E-state index in [-0.39, 0.29) is 17.7 Å². The zero-order valence-electron chi connectivity index (χ0n) is 13.7. The SMILES string of the molecule is COC(=O)N1C(CI)CC12c1ccccc1CCc1ccccc12. The van der Waals surface area contributed by atoms with Crippen LogP contribution in [0.25, 0.3) is 0 Å². The van der Waals surface area contributed by atoms with Crippen molar-refractivity contribution in [2.75, 3.05) is 11.5 Å². The van der Waals surface area contributed by atoms with Gasteiger partial charge in [-0.1, -0.05) is 71.1 Å². The van der Waals surface area contributed by atoms with Crippen molar-refractivity contribution in [3.8, 4) is 0 Å². The second-order valence-corrected chi connectivity index (χ2v) is 7.41. The van der Waals surface area contributed by atoms with Gasteiger partial charge in [0.25, 0.3) is 0 Å². The van der Waals surface area contributed by atoms with Gasteiger partial charge >= 0.3 is 6.09 Å². The number of aryl methyl sites for hydroxylation is 2. The number of carbonyl (C=O) groups excluding carboxylic acids is 1. The van der Waals surface area contributed by atoms with Gasteiger partial charge in [0.2, 0.25) is 0 Å². The molecule has 0 aromatic heterocycles. The van der Waals surface area contributed by atoms with Crippen molar-refractivity contribution in [1.29, 1.82) is 0 Å². The Bertz CT molecular complexity index is 741. The van der Waals surface area contributed by atoms with Crippen LogP contribution in [0.2, 0.25) is 0 Å². The molecule has 0 radical (unpaired) electrons. The van der Waals surface area contributed by atoms with Gasteiger partial charge in [0.1, 0.15) is 0 Å². The number of nitrogens with zero attached hydrogens (tertiary/aromatic N) is 1. The van der Waals surface area contributed by atoms with Gasteiger partial charge in [-0.3, -0.25) is 4.90 Å². The monoisotopic (exact) mass is 433 g/mol. The lowest BCUT2D eigenvalue weighted by atomic mass is 9.68. The number of hydrogen-bond acceptors (Lipinski definition) is 2. The van der Waals surface area contributed by atoms with Gasteiger partial charge < -0.3 is 4.74 Å². The minimum atomic E-state index is -0.382. The highest BCUT2D eigenvalue weighted by Crippen LogP contribution is 2.53. The topological polar surface area (TPSA) is 29.5 Å². The van der Waals surface area contributed by atoms with Crippen LogP contribution in [-0.2, 0) is 23.1 Å². The Morgan fingerprint density at radius 3 is 2.17 bits per heavy atom. The van der Waals surface area contributed by atoms with E-state index in [1.807, 2.05) is 4.90 Å². The van der Waals surface area contributed by atoms with Crippen LogP contribution in [0.1, 0.15) is 28.7 Å². The van der Waals surface area contributed by atoms with Crippen LogP contribution in [-0.4, -0.2) is 28.6 Å². The first-order valence-corrected chi connectivity index (χ1v) is 9.85. The smallest absolute Gasteiger partial charge is 0.410 e. The number of amides is 1. The molecule has 0 bridgehead atoms. The fourth-order valence-corrected chi connectivity index (χ4v) is 5.14. The van der Waals surface area contributed by atoms with Crippen molar-refractivity contribution in [1.82, 2.24) is 4.90 Å². The summed E-state index contributed by atoms with van der Waals surface area (Å²) in [6.45, 7) is 0. The van der Waals surface area contributed by atoms with E-state index in [1.165, 1.54) is 29.4 Å². The molecule has 24 heavy (non-hydrogen) atoms. The van der Waals surface area contributed by atoms with Gasteiger partial charge in [0, 0.05) is 16.9 Å². The maximum atomic E-state index is 12.7. The van der Waals surface area contributed by atoms with E-state index in [4.69, 9.17) is 4.74 Å². The van der Waals surface area contributed by atoms with Gasteiger partial charge in [-0.25, -0.2) is 4.79 Å². The summed E-state index contributed by atoms with van der Waals surface area (Å²) in [7, 11) is 1.48. The zero-order chi connectivity index (χ0) is 16.7. The molecular formula is C20H20INO2. The Kier molecular flexibility index (Phi) is 4.03. The second kappa shape index (κ2) is 6.06. The molecule has 1 aliphatic carbocycles. The molecule has 1 amide bonds. The van der Waals surface area contributed by atoms with Crippen molar-refractivity contribution >= 4 is 28.7 Å². The number of benzene rings is 2. The fourth-order valence-electron chi connectivity index (χ4n) is 4.43. The highest BCUT2D eigenvalue weighted by Gasteiger charge is 2.58. The molecular weight excluding hydrogens is 413 g/mol. The van der Waals surface area contributed by atoms with Gasteiger partial charge in [0.05, 0.1) is 12.6 Å². The highest BCUT2D eigenvalue weighted by atomic mass is 127. The van der Waals surface area contributed by atoms with E-state index >= 15 is 0 Å². The van der Waals surface area contributed by atoms with Gasteiger partial charge in [-0.15, -0.1) is 0 Å². The molecule has 2 aliphatic rings. The second-order valence-electron chi connectivity index (χ2n) is 6.53. The van der Waals surface area contributed by atoms with E-state index in [2.05, 4.69) is 71.1 Å². The van der Waals surface area contributed by atoms with Crippen LogP contribution in [0.15, 0.2) is 48.5 Å². The average Bonchev–Trinajstić information content (AvgIpc) is 2.75. The summed E-state index contributed by atoms with van der Waals surface area (Å²) < 4.78 is 6.08. The average molecular weight is 433 g/mol. The molecule has 1 saturated heterocycles. The number of methoxy groups -OCH3 is 1. The molecule has 1 atom stereocenters. The zero-order valence-corrected chi connectivity index (χ0v) is 15.8. The molecule has 4 heteroatoms. The Hall–Kier alpha value is -1.56. The number of rotatable bonds is 1. The van der Waals surface area contributed by atoms with Crippen LogP contribution in [0.4, 0.5) is 4.79 Å². The third kappa shape index (κ3) is 2.11. The van der Waals surface area contributed by atoms with Gasteiger partial charge in [0.15, 0.2) is 0 Å². The van der Waals surface area contributed by atoms with Crippen molar-refractivity contribution in [3.05, 3.63) is 70.8 Å². The number of halogens is 1. The first-order chi connectivity index (χ1) is 11.7. The molecule has 0 saturated carbocycles. The molecule has 2 aromatic rings. The lowest BCUT2D eigenvalue weighted by Gasteiger charge is -2.58. The van der Waals surface area contributed by atoms with E-state index in [0.29, 0.717) is 0 Å². The Morgan fingerprint density at radius 1 is 1.12 bits per heavy atom. The van der Waals surface area contributed by atoms with Crippen LogP contribution in [0, 0.1) is 0 Å². The van der Waals surface area contributed by atoms with Crippen molar-refractivity contribution < 1.29 is 9.53 Å². The Labute approximate surface area is 156 Å². The van der Waals surface area contributed by atoms with Crippen molar-refractivity contribution in [2.24, 2.45) is 0 Å². The number of likely N-dealkylation sites (tertiary alicyclic amines) is 1. The molecule has 124 valence electrons. The number of ether oxygens (including phenoxy) is 1. The fraction of sp³-hybridized carbons (Fsp3) is 0.350. The molecule has 1 heterocycles. The normalized spacial score (nSPS) is 20.6. The summed E-state index contributed by atoms with van der Waals surface area (Å²) in [5.41, 5.74) is 4.83. The highest BCUT2D eigenvalue weighted by molar-refractivity contribution is 14.1. The molecule has 0 N–H and O–H groups in total. The number of carbonyl (C=O) groups is 1. The molecule has 3 nitrogen and oxygen atoms in total. The number of fused-ring (bicyclic) bond motifs is 4. The van der Waals surface area contributed by atoms with E-state index in [1.54, 1.807) is 0 Å². The Morgan fingerprint density at radius 2 is 1.67 bits per heavy atom. The predicted octanol–water partition coefficient (Wildman–Crippen LogP) is 4.30. The van der Waals surface area contributed by atoms with E-state index in [0.717, 1.165) is 23.7 Å². The van der Waals surface area contributed by atoms with Crippen LogP contribution < -0.4 is 0 Å². The van der Waals surface area contributed by atoms with Crippen LogP contribution in [0.3, 0.4) is 0 Å². The first kappa shape index (κ1) is 15.9. The Balaban J connectivity index is 1.98. The maximum Gasteiger partial charge on any atom is 0.410 e. The van der Waals surface area contributed by atoms with Crippen molar-refractivity contribution in [3.63, 3.8) is 0 Å². The third-order valence-electron chi connectivity index (χ3n) is 5.45. The standard InChI is InChI=1S/C20H20INO2/c1-24-19(23)22-16(13-21)12-20(22)17-8-4-2-6-14(17)10-11-15-7-3-5-9-18(15)20/h2-9,16H,10-13H2,1H3. The summed E-state index contributed by atoms with van der Waals surface area (Å²) in [6, 6.07) is 17.4.